The Bertz CT molecular complexity index is 1460. The largest absolute Gasteiger partial charge is 0.452 e. The number of nitrogens with one attached hydrogen (secondary N) is 1. The summed E-state index contributed by atoms with van der Waals surface area (Å²) in [5.41, 5.74) is 0.666. The van der Waals surface area contributed by atoms with E-state index in [0.29, 0.717) is 16.3 Å². The number of para-hydroxylation sites is 1. The maximum atomic E-state index is 13.4. The van der Waals surface area contributed by atoms with Crippen LogP contribution < -0.4 is 9.62 Å². The fourth-order valence-electron chi connectivity index (χ4n) is 3.31. The van der Waals surface area contributed by atoms with Gasteiger partial charge in [-0.1, -0.05) is 41.4 Å². The van der Waals surface area contributed by atoms with Crippen LogP contribution in [0.5, 0.6) is 0 Å². The van der Waals surface area contributed by atoms with Crippen LogP contribution in [0.3, 0.4) is 0 Å². The number of nitrogens with zero attached hydrogens (tertiary/aromatic N) is 1. The van der Waals surface area contributed by atoms with Crippen LogP contribution in [0.4, 0.5) is 11.4 Å². The smallest absolute Gasteiger partial charge is 0.340 e. The third kappa shape index (κ3) is 6.76. The molecule has 0 unspecified atom stereocenters. The SMILES string of the molecule is C=CCN(c1ccc(Cl)cc1)S(=O)(=O)c1ccc(Cl)c(C(=O)OCC(=O)Nc2ccccc2C(C)=O)c1. The molecule has 1 N–H and O–H groups in total. The highest BCUT2D eigenvalue weighted by molar-refractivity contribution is 7.92. The molecule has 3 aromatic rings. The number of esters is 1. The first-order valence-electron chi connectivity index (χ1n) is 10.8. The number of sulfonamides is 1. The summed E-state index contributed by atoms with van der Waals surface area (Å²) in [4.78, 5) is 36.5. The third-order valence-corrected chi connectivity index (χ3v) is 7.44. The first-order valence-corrected chi connectivity index (χ1v) is 13.0. The molecule has 3 rings (SSSR count). The van der Waals surface area contributed by atoms with Crippen molar-refractivity contribution in [2.75, 3.05) is 22.8 Å². The van der Waals surface area contributed by atoms with Crippen molar-refractivity contribution in [1.29, 1.82) is 0 Å². The molecule has 0 aromatic heterocycles. The van der Waals surface area contributed by atoms with Crippen molar-refractivity contribution in [3.05, 3.63) is 101 Å². The number of halogens is 2. The fourth-order valence-corrected chi connectivity index (χ4v) is 5.09. The predicted octanol–water partition coefficient (Wildman–Crippen LogP) is 5.37. The van der Waals surface area contributed by atoms with Crippen LogP contribution in [0.1, 0.15) is 27.6 Å². The maximum absolute atomic E-state index is 13.4. The molecule has 0 radical (unpaired) electrons. The van der Waals surface area contributed by atoms with E-state index in [1.165, 1.54) is 43.3 Å². The molecular formula is C26H22Cl2N2O6S. The molecule has 0 saturated carbocycles. The Morgan fingerprint density at radius 1 is 1.00 bits per heavy atom. The van der Waals surface area contributed by atoms with Gasteiger partial charge in [-0.05, 0) is 61.5 Å². The van der Waals surface area contributed by atoms with E-state index in [0.717, 1.165) is 10.4 Å². The van der Waals surface area contributed by atoms with Crippen LogP contribution in [0.25, 0.3) is 0 Å². The summed E-state index contributed by atoms with van der Waals surface area (Å²) < 4.78 is 33.0. The molecular weight excluding hydrogens is 539 g/mol. The Morgan fingerprint density at radius 3 is 2.32 bits per heavy atom. The average Bonchev–Trinajstić information content (AvgIpc) is 2.86. The Kier molecular flexibility index (Phi) is 9.09. The van der Waals surface area contributed by atoms with Gasteiger partial charge < -0.3 is 10.1 Å². The molecule has 8 nitrogen and oxygen atoms in total. The van der Waals surface area contributed by atoms with Crippen LogP contribution in [-0.4, -0.2) is 39.2 Å². The van der Waals surface area contributed by atoms with Gasteiger partial charge in [0.15, 0.2) is 12.4 Å². The molecule has 0 spiro atoms. The Labute approximate surface area is 224 Å². The minimum absolute atomic E-state index is 0.0473. The van der Waals surface area contributed by atoms with Crippen molar-refractivity contribution in [2.45, 2.75) is 11.8 Å². The summed E-state index contributed by atoms with van der Waals surface area (Å²) >= 11 is 12.1. The van der Waals surface area contributed by atoms with Crippen LogP contribution in [0, 0.1) is 0 Å². The van der Waals surface area contributed by atoms with Gasteiger partial charge in [-0.25, -0.2) is 13.2 Å². The molecule has 0 aliphatic carbocycles. The lowest BCUT2D eigenvalue weighted by atomic mass is 10.1. The van der Waals surface area contributed by atoms with E-state index in [1.54, 1.807) is 30.3 Å². The molecule has 0 aliphatic rings. The third-order valence-electron chi connectivity index (χ3n) is 5.07. The van der Waals surface area contributed by atoms with Gasteiger partial charge in [-0.3, -0.25) is 13.9 Å². The van der Waals surface area contributed by atoms with Crippen LogP contribution in [0.15, 0.2) is 84.3 Å². The molecule has 0 saturated heterocycles. The molecule has 0 heterocycles. The van der Waals surface area contributed by atoms with Crippen LogP contribution in [0.2, 0.25) is 10.0 Å². The minimum atomic E-state index is -4.15. The van der Waals surface area contributed by atoms with Gasteiger partial charge >= 0.3 is 5.97 Å². The van der Waals surface area contributed by atoms with Crippen molar-refractivity contribution in [3.63, 3.8) is 0 Å². The van der Waals surface area contributed by atoms with E-state index in [9.17, 15) is 22.8 Å². The van der Waals surface area contributed by atoms with Gasteiger partial charge in [0.05, 0.1) is 33.4 Å². The zero-order valence-electron chi connectivity index (χ0n) is 19.6. The van der Waals surface area contributed by atoms with E-state index in [-0.39, 0.29) is 33.5 Å². The molecule has 37 heavy (non-hydrogen) atoms. The number of hydrogen-bond acceptors (Lipinski definition) is 6. The average molecular weight is 561 g/mol. The summed E-state index contributed by atoms with van der Waals surface area (Å²) in [5.74, 6) is -1.94. The van der Waals surface area contributed by atoms with Gasteiger partial charge in [-0.2, -0.15) is 0 Å². The fraction of sp³-hybridized carbons (Fsp3) is 0.115. The molecule has 0 aliphatic heterocycles. The second kappa shape index (κ2) is 12.1. The summed E-state index contributed by atoms with van der Waals surface area (Å²) in [7, 11) is -4.15. The molecule has 11 heteroatoms. The van der Waals surface area contributed by atoms with Crippen molar-refractivity contribution in [3.8, 4) is 0 Å². The van der Waals surface area contributed by atoms with Gasteiger partial charge in [0.1, 0.15) is 0 Å². The number of carbonyl (C=O) groups excluding carboxylic acids is 3. The lowest BCUT2D eigenvalue weighted by Gasteiger charge is -2.23. The number of rotatable bonds is 10. The van der Waals surface area contributed by atoms with Gasteiger partial charge in [0.2, 0.25) is 0 Å². The van der Waals surface area contributed by atoms with Gasteiger partial charge in [0, 0.05) is 10.6 Å². The standard InChI is InChI=1S/C26H22Cl2N2O6S/c1-3-14-30(19-10-8-18(27)9-11-19)37(34,35)20-12-13-23(28)22(15-20)26(33)36-16-25(32)29-24-7-5-4-6-21(24)17(2)31/h3-13,15H,1,14,16H2,2H3,(H,29,32). The van der Waals surface area contributed by atoms with Gasteiger partial charge in [0.25, 0.3) is 15.9 Å². The number of Topliss-reactive ketones (excluding diaryl/α,β-unsaturated/α-hetero) is 1. The first kappa shape index (κ1) is 27.9. The lowest BCUT2D eigenvalue weighted by Crippen LogP contribution is -2.31. The number of anilines is 2. The highest BCUT2D eigenvalue weighted by Gasteiger charge is 2.26. The summed E-state index contributed by atoms with van der Waals surface area (Å²) in [5, 5.41) is 2.88. The van der Waals surface area contributed by atoms with Crippen molar-refractivity contribution in [2.24, 2.45) is 0 Å². The summed E-state index contributed by atoms with van der Waals surface area (Å²) in [6.07, 6.45) is 1.42. The second-order valence-electron chi connectivity index (χ2n) is 7.67. The number of benzene rings is 3. The van der Waals surface area contributed by atoms with Crippen molar-refractivity contribution in [1.82, 2.24) is 0 Å². The second-order valence-corrected chi connectivity index (χ2v) is 10.4. The molecule has 192 valence electrons. The van der Waals surface area contributed by atoms with Crippen LogP contribution >= 0.6 is 23.2 Å². The normalized spacial score (nSPS) is 10.9. The highest BCUT2D eigenvalue weighted by atomic mass is 35.5. The predicted molar refractivity (Wildman–Crippen MR) is 143 cm³/mol. The van der Waals surface area contributed by atoms with E-state index >= 15 is 0 Å². The minimum Gasteiger partial charge on any atom is -0.452 e. The summed E-state index contributed by atoms with van der Waals surface area (Å²) in [6, 6.07) is 16.1. The lowest BCUT2D eigenvalue weighted by molar-refractivity contribution is -0.119. The molecule has 3 aromatic carbocycles. The Balaban J connectivity index is 1.80. The first-order chi connectivity index (χ1) is 17.5. The Morgan fingerprint density at radius 2 is 1.68 bits per heavy atom. The monoisotopic (exact) mass is 560 g/mol. The van der Waals surface area contributed by atoms with E-state index in [1.807, 2.05) is 0 Å². The number of ether oxygens (including phenoxy) is 1. The number of amides is 1. The van der Waals surface area contributed by atoms with E-state index < -0.39 is 28.5 Å². The van der Waals surface area contributed by atoms with Crippen molar-refractivity contribution < 1.29 is 27.5 Å². The van der Waals surface area contributed by atoms with E-state index in [2.05, 4.69) is 11.9 Å². The molecule has 1 amide bonds. The Hall–Kier alpha value is -3.66. The maximum Gasteiger partial charge on any atom is 0.340 e. The highest BCUT2D eigenvalue weighted by Crippen LogP contribution is 2.28. The van der Waals surface area contributed by atoms with Crippen LogP contribution in [-0.2, 0) is 19.6 Å². The number of hydrogen-bond donors (Lipinski definition) is 1. The van der Waals surface area contributed by atoms with Gasteiger partial charge in [-0.15, -0.1) is 6.58 Å². The number of ketones is 1. The summed E-state index contributed by atoms with van der Waals surface area (Å²) in [6.45, 7) is 4.23. The molecule has 0 fully saturated rings. The topological polar surface area (TPSA) is 110 Å². The zero-order valence-corrected chi connectivity index (χ0v) is 21.9. The van der Waals surface area contributed by atoms with Crippen molar-refractivity contribution >= 4 is 62.3 Å². The zero-order chi connectivity index (χ0) is 27.2. The molecule has 0 bridgehead atoms. The van der Waals surface area contributed by atoms with E-state index in [4.69, 9.17) is 27.9 Å². The quantitative estimate of drug-likeness (QED) is 0.202. The number of carbonyl (C=O) groups is 3. The molecule has 0 atom stereocenters.